The molecule has 0 saturated carbocycles. The van der Waals surface area contributed by atoms with Crippen LogP contribution in [0.15, 0.2) is 24.3 Å². The normalized spacial score (nSPS) is 14.9. The third kappa shape index (κ3) is 4.81. The van der Waals surface area contributed by atoms with Crippen LogP contribution in [0.5, 0.6) is 0 Å². The number of nitrogens with zero attached hydrogens (tertiary/aromatic N) is 3. The highest BCUT2D eigenvalue weighted by atomic mass is 19.3. The third-order valence-corrected chi connectivity index (χ3v) is 6.11. The molecule has 35 heavy (non-hydrogen) atoms. The maximum atomic E-state index is 14.8. The first-order valence-electron chi connectivity index (χ1n) is 11.2. The average molecular weight is 489 g/mol. The number of aryl methyl sites for hydroxylation is 1. The molecule has 11 heteroatoms. The molecule has 0 spiro atoms. The molecule has 1 aliphatic heterocycles. The van der Waals surface area contributed by atoms with Crippen molar-refractivity contribution < 1.29 is 22.7 Å². The Morgan fingerprint density at radius 2 is 1.80 bits per heavy atom. The molecule has 2 aromatic carbocycles. The van der Waals surface area contributed by atoms with E-state index in [1.807, 2.05) is 0 Å². The Labute approximate surface area is 200 Å². The summed E-state index contributed by atoms with van der Waals surface area (Å²) in [6.07, 6.45) is -3.00. The van der Waals surface area contributed by atoms with E-state index in [0.29, 0.717) is 59.8 Å². The van der Waals surface area contributed by atoms with E-state index in [2.05, 4.69) is 20.8 Å². The van der Waals surface area contributed by atoms with Crippen LogP contribution in [0.2, 0.25) is 0 Å². The fraction of sp³-hybridized carbons (Fsp3) is 0.375. The van der Waals surface area contributed by atoms with Crippen molar-refractivity contribution >= 4 is 33.9 Å². The molecule has 0 unspecified atom stereocenters. The van der Waals surface area contributed by atoms with Gasteiger partial charge in [-0.15, -0.1) is 5.10 Å². The monoisotopic (exact) mass is 488 g/mol. The van der Waals surface area contributed by atoms with Crippen molar-refractivity contribution in [2.75, 3.05) is 49.7 Å². The number of amides is 1. The number of anilines is 3. The number of nitrogen functional groups attached to an aromatic ring is 1. The molecular formula is C24H27F3N6O2. The predicted molar refractivity (Wildman–Crippen MR) is 128 cm³/mol. The van der Waals surface area contributed by atoms with Crippen LogP contribution < -0.4 is 16.4 Å². The van der Waals surface area contributed by atoms with Gasteiger partial charge in [-0.2, -0.15) is 5.10 Å². The molecule has 4 rings (SSSR count). The van der Waals surface area contributed by atoms with Gasteiger partial charge in [0.1, 0.15) is 5.82 Å². The molecule has 3 aromatic rings. The van der Waals surface area contributed by atoms with E-state index in [4.69, 9.17) is 10.5 Å². The summed E-state index contributed by atoms with van der Waals surface area (Å²) in [5.74, 6) is -0.826. The number of rotatable bonds is 6. The Morgan fingerprint density at radius 3 is 2.46 bits per heavy atom. The van der Waals surface area contributed by atoms with Gasteiger partial charge >= 0.3 is 0 Å². The van der Waals surface area contributed by atoms with Crippen molar-refractivity contribution in [1.29, 1.82) is 0 Å². The SMILES string of the molecule is CNc1cc2c(N[C@H](C)c3cc(N)cc(C(F)F)c3F)nnc(C)c2cc1C(=O)N1CCOCC1. The number of aromatic nitrogens is 2. The highest BCUT2D eigenvalue weighted by molar-refractivity contribution is 6.06. The van der Waals surface area contributed by atoms with Gasteiger partial charge in [-0.3, -0.25) is 4.79 Å². The number of hydrogen-bond donors (Lipinski definition) is 3. The molecule has 4 N–H and O–H groups in total. The highest BCUT2D eigenvalue weighted by Gasteiger charge is 2.24. The minimum atomic E-state index is -3.00. The average Bonchev–Trinajstić information content (AvgIpc) is 2.86. The second kappa shape index (κ2) is 9.95. The van der Waals surface area contributed by atoms with E-state index in [1.165, 1.54) is 6.07 Å². The van der Waals surface area contributed by atoms with Crippen LogP contribution in [0.1, 0.15) is 46.6 Å². The Kier molecular flexibility index (Phi) is 6.97. The zero-order valence-electron chi connectivity index (χ0n) is 19.7. The maximum absolute atomic E-state index is 14.8. The molecule has 1 aromatic heterocycles. The number of benzene rings is 2. The summed E-state index contributed by atoms with van der Waals surface area (Å²) < 4.78 is 46.7. The van der Waals surface area contributed by atoms with Crippen LogP contribution in [0.4, 0.5) is 30.4 Å². The van der Waals surface area contributed by atoms with E-state index in [0.717, 1.165) is 6.07 Å². The molecular weight excluding hydrogens is 461 g/mol. The summed E-state index contributed by atoms with van der Waals surface area (Å²) in [6.45, 7) is 5.37. The van der Waals surface area contributed by atoms with Crippen molar-refractivity contribution in [3.8, 4) is 0 Å². The number of nitrogens with one attached hydrogen (secondary N) is 2. The van der Waals surface area contributed by atoms with Crippen molar-refractivity contribution in [2.45, 2.75) is 26.3 Å². The predicted octanol–water partition coefficient (Wildman–Crippen LogP) is 4.28. The number of ether oxygens (including phenoxy) is 1. The molecule has 1 saturated heterocycles. The number of alkyl halides is 2. The first kappa shape index (κ1) is 24.5. The summed E-state index contributed by atoms with van der Waals surface area (Å²) in [6, 6.07) is 5.04. The van der Waals surface area contributed by atoms with Gasteiger partial charge in [0.25, 0.3) is 12.3 Å². The van der Waals surface area contributed by atoms with Gasteiger partial charge < -0.3 is 26.0 Å². The van der Waals surface area contributed by atoms with Crippen LogP contribution in [0.3, 0.4) is 0 Å². The standard InChI is InChI=1S/C24H27F3N6O2/c1-12(16-8-14(28)9-19(21(16)25)22(26)27)30-23-17-11-20(29-3)18(10-15(17)13(2)31-32-23)24(34)33-4-6-35-7-5-33/h8-12,22,29H,4-7,28H2,1-3H3,(H,30,32)/t12-/m1/s1. The van der Waals surface area contributed by atoms with Gasteiger partial charge in [0.15, 0.2) is 5.82 Å². The Bertz CT molecular complexity index is 1260. The quantitative estimate of drug-likeness (QED) is 0.445. The summed E-state index contributed by atoms with van der Waals surface area (Å²) >= 11 is 0. The molecule has 1 atom stereocenters. The fourth-order valence-electron chi connectivity index (χ4n) is 4.21. The number of hydrogen-bond acceptors (Lipinski definition) is 7. The van der Waals surface area contributed by atoms with Gasteiger partial charge in [-0.05, 0) is 38.1 Å². The zero-order valence-corrected chi connectivity index (χ0v) is 19.7. The Balaban J connectivity index is 1.74. The van der Waals surface area contributed by atoms with Crippen molar-refractivity contribution in [3.63, 3.8) is 0 Å². The first-order valence-corrected chi connectivity index (χ1v) is 11.2. The van der Waals surface area contributed by atoms with Gasteiger partial charge in [0.05, 0.1) is 36.1 Å². The fourth-order valence-corrected chi connectivity index (χ4v) is 4.21. The second-order valence-corrected chi connectivity index (χ2v) is 8.41. The molecule has 8 nitrogen and oxygen atoms in total. The van der Waals surface area contributed by atoms with Gasteiger partial charge in [0.2, 0.25) is 0 Å². The van der Waals surface area contributed by atoms with E-state index < -0.39 is 23.8 Å². The second-order valence-electron chi connectivity index (χ2n) is 8.41. The summed E-state index contributed by atoms with van der Waals surface area (Å²) in [4.78, 5) is 14.9. The molecule has 1 aliphatic rings. The largest absolute Gasteiger partial charge is 0.399 e. The van der Waals surface area contributed by atoms with Crippen molar-refractivity contribution in [3.05, 3.63) is 52.5 Å². The number of nitrogens with two attached hydrogens (primary N) is 1. The van der Waals surface area contributed by atoms with Crippen molar-refractivity contribution in [1.82, 2.24) is 15.1 Å². The summed E-state index contributed by atoms with van der Waals surface area (Å²) in [5.41, 5.74) is 6.70. The van der Waals surface area contributed by atoms with E-state index in [9.17, 15) is 18.0 Å². The molecule has 0 radical (unpaired) electrons. The summed E-state index contributed by atoms with van der Waals surface area (Å²) in [7, 11) is 1.71. The lowest BCUT2D eigenvalue weighted by Crippen LogP contribution is -2.40. The highest BCUT2D eigenvalue weighted by Crippen LogP contribution is 2.34. The molecule has 2 heterocycles. The molecule has 1 amide bonds. The van der Waals surface area contributed by atoms with Crippen LogP contribution >= 0.6 is 0 Å². The number of halogens is 3. The number of carbonyl (C=O) groups excluding carboxylic acids is 1. The van der Waals surface area contributed by atoms with Gasteiger partial charge in [-0.25, -0.2) is 13.2 Å². The van der Waals surface area contributed by atoms with E-state index in [-0.39, 0.29) is 17.2 Å². The van der Waals surface area contributed by atoms with Gasteiger partial charge in [-0.1, -0.05) is 0 Å². The molecule has 0 bridgehead atoms. The Morgan fingerprint density at radius 1 is 1.11 bits per heavy atom. The zero-order chi connectivity index (χ0) is 25.3. The number of carbonyl (C=O) groups is 1. The lowest BCUT2D eigenvalue weighted by Gasteiger charge is -2.28. The minimum absolute atomic E-state index is 0.0104. The Hall–Kier alpha value is -3.60. The number of morpholine rings is 1. The first-order chi connectivity index (χ1) is 16.7. The van der Waals surface area contributed by atoms with E-state index in [1.54, 1.807) is 37.9 Å². The van der Waals surface area contributed by atoms with Crippen LogP contribution in [0, 0.1) is 12.7 Å². The molecule has 186 valence electrons. The smallest absolute Gasteiger partial charge is 0.266 e. The minimum Gasteiger partial charge on any atom is -0.399 e. The number of fused-ring (bicyclic) bond motifs is 1. The third-order valence-electron chi connectivity index (χ3n) is 6.11. The van der Waals surface area contributed by atoms with E-state index >= 15 is 0 Å². The van der Waals surface area contributed by atoms with Crippen molar-refractivity contribution in [2.24, 2.45) is 0 Å². The lowest BCUT2D eigenvalue weighted by molar-refractivity contribution is 0.0303. The summed E-state index contributed by atoms with van der Waals surface area (Å²) in [5, 5.41) is 15.9. The van der Waals surface area contributed by atoms with Crippen LogP contribution in [-0.4, -0.2) is 54.4 Å². The maximum Gasteiger partial charge on any atom is 0.266 e. The molecule has 1 fully saturated rings. The van der Waals surface area contributed by atoms with Crippen LogP contribution in [-0.2, 0) is 4.74 Å². The molecule has 0 aliphatic carbocycles. The lowest BCUT2D eigenvalue weighted by atomic mass is 10.0. The van der Waals surface area contributed by atoms with Gasteiger partial charge in [0, 0.05) is 47.8 Å². The topological polar surface area (TPSA) is 105 Å². The van der Waals surface area contributed by atoms with Crippen LogP contribution in [0.25, 0.3) is 10.8 Å².